The van der Waals surface area contributed by atoms with Crippen LogP contribution >= 0.6 is 0 Å². The van der Waals surface area contributed by atoms with Crippen molar-refractivity contribution in [2.24, 2.45) is 5.41 Å². The molecule has 0 spiro atoms. The topological polar surface area (TPSA) is 153 Å². The molecular weight excluding hydrogens is 320 g/mol. The highest BCUT2D eigenvalue weighted by Crippen LogP contribution is 2.21. The summed E-state index contributed by atoms with van der Waals surface area (Å²) in [7, 11) is 0. The lowest BCUT2D eigenvalue weighted by molar-refractivity contribution is -0.141. The molecule has 0 saturated heterocycles. The Labute approximate surface area is 139 Å². The van der Waals surface area contributed by atoms with Gasteiger partial charge >= 0.3 is 23.9 Å². The lowest BCUT2D eigenvalue weighted by atomic mass is 9.86. The maximum Gasteiger partial charge on any atom is 0.326 e. The molecular formula is C15H22N2O7. The van der Waals surface area contributed by atoms with Crippen molar-refractivity contribution in [3.8, 4) is 11.8 Å². The fourth-order valence-corrected chi connectivity index (χ4v) is 1.98. The van der Waals surface area contributed by atoms with Crippen LogP contribution in [-0.4, -0.2) is 51.3 Å². The van der Waals surface area contributed by atoms with Crippen LogP contribution in [0.15, 0.2) is 0 Å². The zero-order chi connectivity index (χ0) is 18.9. The number of amides is 2. The second-order valence-electron chi connectivity index (χ2n) is 5.79. The van der Waals surface area contributed by atoms with Crippen LogP contribution in [0.2, 0.25) is 0 Å². The van der Waals surface area contributed by atoms with Crippen molar-refractivity contribution in [3.63, 3.8) is 0 Å². The molecule has 0 aliphatic carbocycles. The number of nitrogens with one attached hydrogen (secondary N) is 2. The summed E-state index contributed by atoms with van der Waals surface area (Å²) < 4.78 is 0. The Balaban J connectivity index is 4.86. The number of carbonyl (C=O) groups excluding carboxylic acids is 1. The largest absolute Gasteiger partial charge is 0.481 e. The second kappa shape index (κ2) is 9.39. The fraction of sp³-hybridized carbons (Fsp3) is 0.600. The number of hydrogen-bond donors (Lipinski definition) is 5. The summed E-state index contributed by atoms with van der Waals surface area (Å²) in [6, 6.07) is -3.70. The van der Waals surface area contributed by atoms with E-state index in [1.165, 1.54) is 0 Å². The van der Waals surface area contributed by atoms with E-state index < -0.39 is 47.9 Å². The molecule has 9 heteroatoms. The third kappa shape index (κ3) is 8.63. The van der Waals surface area contributed by atoms with Crippen molar-refractivity contribution in [3.05, 3.63) is 0 Å². The van der Waals surface area contributed by atoms with Gasteiger partial charge < -0.3 is 26.0 Å². The zero-order valence-corrected chi connectivity index (χ0v) is 13.8. The van der Waals surface area contributed by atoms with E-state index in [-0.39, 0.29) is 12.8 Å². The Morgan fingerprint density at radius 2 is 1.50 bits per heavy atom. The first-order valence-electron chi connectivity index (χ1n) is 7.17. The van der Waals surface area contributed by atoms with Crippen molar-refractivity contribution >= 4 is 23.9 Å². The zero-order valence-electron chi connectivity index (χ0n) is 13.8. The molecule has 0 fully saturated rings. The second-order valence-corrected chi connectivity index (χ2v) is 5.79. The fourth-order valence-electron chi connectivity index (χ4n) is 1.98. The molecule has 0 radical (unpaired) electrons. The number of carboxylic acid groups (broad SMARTS) is 3. The van der Waals surface area contributed by atoms with Gasteiger partial charge in [-0.1, -0.05) is 5.92 Å². The predicted molar refractivity (Wildman–Crippen MR) is 83.2 cm³/mol. The summed E-state index contributed by atoms with van der Waals surface area (Å²) in [5.74, 6) is 1.61. The van der Waals surface area contributed by atoms with Gasteiger partial charge in [0, 0.05) is 11.8 Å². The molecule has 0 heterocycles. The summed E-state index contributed by atoms with van der Waals surface area (Å²) in [6.45, 7) is 5.04. The molecule has 0 aromatic rings. The van der Waals surface area contributed by atoms with E-state index in [1.54, 1.807) is 20.8 Å². The van der Waals surface area contributed by atoms with Crippen LogP contribution in [0.25, 0.3) is 0 Å². The molecule has 0 aromatic carbocycles. The van der Waals surface area contributed by atoms with Crippen LogP contribution in [0, 0.1) is 17.3 Å². The lowest BCUT2D eigenvalue weighted by Gasteiger charge is -2.24. The average molecular weight is 342 g/mol. The first-order chi connectivity index (χ1) is 11.0. The number of hydrogen-bond acceptors (Lipinski definition) is 4. The summed E-state index contributed by atoms with van der Waals surface area (Å²) >= 11 is 0. The van der Waals surface area contributed by atoms with Crippen LogP contribution in [0.5, 0.6) is 0 Å². The number of rotatable bonds is 9. The number of carboxylic acids is 3. The quantitative estimate of drug-likeness (QED) is 0.382. The Bertz CT molecular complexity index is 560. The van der Waals surface area contributed by atoms with Crippen LogP contribution in [0.3, 0.4) is 0 Å². The molecule has 9 nitrogen and oxygen atoms in total. The molecule has 2 atom stereocenters. The van der Waals surface area contributed by atoms with Gasteiger partial charge in [0.15, 0.2) is 0 Å². The molecule has 0 aromatic heterocycles. The highest BCUT2D eigenvalue weighted by molar-refractivity contribution is 5.86. The minimum Gasteiger partial charge on any atom is -0.481 e. The first-order valence-corrected chi connectivity index (χ1v) is 7.17. The SMILES string of the molecule is CC#CC(C)(C)CC(NC(=O)NC(CCC(=O)O)C(=O)O)C(=O)O. The van der Waals surface area contributed by atoms with Gasteiger partial charge in [0.2, 0.25) is 0 Å². The minimum absolute atomic E-state index is 0.0173. The molecule has 0 saturated carbocycles. The standard InChI is InChI=1S/C15H22N2O7/c1-4-7-15(2,3)8-10(13(22)23)17-14(24)16-9(12(20)21)5-6-11(18)19/h9-10H,5-6,8H2,1-3H3,(H,18,19)(H,20,21)(H,22,23)(H2,16,17,24). The van der Waals surface area contributed by atoms with Crippen LogP contribution in [0.1, 0.15) is 40.0 Å². The first kappa shape index (κ1) is 21.2. The average Bonchev–Trinajstić information content (AvgIpc) is 2.41. The Morgan fingerprint density at radius 1 is 1.00 bits per heavy atom. The van der Waals surface area contributed by atoms with Crippen molar-refractivity contribution in [1.82, 2.24) is 10.6 Å². The lowest BCUT2D eigenvalue weighted by Crippen LogP contribution is -2.52. The van der Waals surface area contributed by atoms with Crippen molar-refractivity contribution < 1.29 is 34.5 Å². The maximum absolute atomic E-state index is 11.8. The van der Waals surface area contributed by atoms with Gasteiger partial charge in [0.05, 0.1) is 0 Å². The third-order valence-electron chi connectivity index (χ3n) is 3.03. The van der Waals surface area contributed by atoms with Gasteiger partial charge in [-0.3, -0.25) is 4.79 Å². The van der Waals surface area contributed by atoms with Gasteiger partial charge in [-0.05, 0) is 33.6 Å². The number of urea groups is 1. The maximum atomic E-state index is 11.8. The van der Waals surface area contributed by atoms with Crippen LogP contribution in [0.4, 0.5) is 4.79 Å². The molecule has 0 aliphatic heterocycles. The monoisotopic (exact) mass is 342 g/mol. The normalized spacial score (nSPS) is 13.0. The summed E-state index contributed by atoms with van der Waals surface area (Å²) in [4.78, 5) is 44.6. The van der Waals surface area contributed by atoms with E-state index in [4.69, 9.17) is 10.2 Å². The minimum atomic E-state index is -1.43. The van der Waals surface area contributed by atoms with Crippen molar-refractivity contribution in [2.45, 2.75) is 52.1 Å². The number of aliphatic carboxylic acids is 3. The van der Waals surface area contributed by atoms with Crippen molar-refractivity contribution in [1.29, 1.82) is 0 Å². The van der Waals surface area contributed by atoms with Gasteiger partial charge in [0.25, 0.3) is 0 Å². The van der Waals surface area contributed by atoms with E-state index in [0.717, 1.165) is 0 Å². The highest BCUT2D eigenvalue weighted by atomic mass is 16.4. The van der Waals surface area contributed by atoms with Gasteiger partial charge in [0.1, 0.15) is 12.1 Å². The van der Waals surface area contributed by atoms with E-state index in [2.05, 4.69) is 22.5 Å². The van der Waals surface area contributed by atoms with E-state index in [1.807, 2.05) is 0 Å². The van der Waals surface area contributed by atoms with Crippen molar-refractivity contribution in [2.75, 3.05) is 0 Å². The molecule has 0 rings (SSSR count). The Morgan fingerprint density at radius 3 is 1.92 bits per heavy atom. The number of carbonyl (C=O) groups is 4. The molecule has 2 unspecified atom stereocenters. The van der Waals surface area contributed by atoms with Gasteiger partial charge in [-0.25, -0.2) is 14.4 Å². The highest BCUT2D eigenvalue weighted by Gasteiger charge is 2.29. The Hall–Kier alpha value is -2.76. The van der Waals surface area contributed by atoms with E-state index in [0.29, 0.717) is 0 Å². The molecule has 0 bridgehead atoms. The summed E-state index contributed by atoms with van der Waals surface area (Å²) in [5, 5.41) is 31.0. The molecule has 2 amide bonds. The van der Waals surface area contributed by atoms with Gasteiger partial charge in [-0.15, -0.1) is 5.92 Å². The summed E-state index contributed by atoms with van der Waals surface area (Å²) in [5.41, 5.74) is -0.666. The molecule has 5 N–H and O–H groups in total. The van der Waals surface area contributed by atoms with Crippen LogP contribution < -0.4 is 10.6 Å². The van der Waals surface area contributed by atoms with E-state index in [9.17, 15) is 24.3 Å². The predicted octanol–water partition coefficient (Wildman–Crippen LogP) is 0.496. The van der Waals surface area contributed by atoms with Crippen LogP contribution in [-0.2, 0) is 14.4 Å². The third-order valence-corrected chi connectivity index (χ3v) is 3.03. The van der Waals surface area contributed by atoms with Gasteiger partial charge in [-0.2, -0.15) is 0 Å². The van der Waals surface area contributed by atoms with E-state index >= 15 is 0 Å². The smallest absolute Gasteiger partial charge is 0.326 e. The molecule has 134 valence electrons. The summed E-state index contributed by atoms with van der Waals surface area (Å²) in [6.07, 6.45) is -0.745. The molecule has 24 heavy (non-hydrogen) atoms. The Kier molecular flexibility index (Phi) is 8.31. The molecule has 0 aliphatic rings.